The van der Waals surface area contributed by atoms with Gasteiger partial charge in [0.2, 0.25) is 5.91 Å². The van der Waals surface area contributed by atoms with Gasteiger partial charge in [0.15, 0.2) is 5.96 Å². The lowest BCUT2D eigenvalue weighted by Gasteiger charge is -2.44. The molecule has 1 heterocycles. The molecule has 7 heteroatoms. The fraction of sp³-hybridized carbons (Fsp3) is 0.619. The lowest BCUT2D eigenvalue weighted by molar-refractivity contribution is -0.121. The van der Waals surface area contributed by atoms with Gasteiger partial charge in [-0.25, -0.2) is 4.39 Å². The van der Waals surface area contributed by atoms with Crippen molar-refractivity contribution in [3.63, 3.8) is 0 Å². The molecule has 1 saturated heterocycles. The van der Waals surface area contributed by atoms with Gasteiger partial charge in [-0.3, -0.25) is 9.79 Å². The van der Waals surface area contributed by atoms with Crippen LogP contribution in [-0.4, -0.2) is 50.5 Å². The second-order valence-electron chi connectivity index (χ2n) is 7.85. The van der Waals surface area contributed by atoms with Crippen LogP contribution in [0.4, 0.5) is 4.39 Å². The van der Waals surface area contributed by atoms with E-state index in [1.807, 2.05) is 19.2 Å². The highest BCUT2D eigenvalue weighted by Crippen LogP contribution is 2.43. The van der Waals surface area contributed by atoms with E-state index in [1.54, 1.807) is 19.2 Å². The van der Waals surface area contributed by atoms with Gasteiger partial charge < -0.3 is 15.5 Å². The van der Waals surface area contributed by atoms with Crippen molar-refractivity contribution in [3.8, 4) is 0 Å². The van der Waals surface area contributed by atoms with Crippen LogP contribution in [0.5, 0.6) is 0 Å². The first-order valence-corrected chi connectivity index (χ1v) is 9.98. The number of aliphatic imine (C=N–C) groups is 1. The lowest BCUT2D eigenvalue weighted by Crippen LogP contribution is -2.51. The summed E-state index contributed by atoms with van der Waals surface area (Å²) >= 11 is 0. The van der Waals surface area contributed by atoms with Crippen molar-refractivity contribution in [3.05, 3.63) is 35.6 Å². The number of carbonyl (C=O) groups excluding carboxylic acids is 1. The van der Waals surface area contributed by atoms with E-state index in [2.05, 4.69) is 20.5 Å². The minimum absolute atomic E-state index is 0. The monoisotopic (exact) mass is 502 g/mol. The number of halogens is 2. The van der Waals surface area contributed by atoms with Crippen LogP contribution in [0.1, 0.15) is 44.1 Å². The van der Waals surface area contributed by atoms with Crippen molar-refractivity contribution in [2.24, 2.45) is 10.9 Å². The van der Waals surface area contributed by atoms with Crippen molar-refractivity contribution in [1.82, 2.24) is 15.5 Å². The maximum absolute atomic E-state index is 13.3. The zero-order valence-corrected chi connectivity index (χ0v) is 19.2. The molecule has 2 fully saturated rings. The smallest absolute Gasteiger partial charge is 0.220 e. The number of piperidine rings is 1. The first-order chi connectivity index (χ1) is 13.1. The summed E-state index contributed by atoms with van der Waals surface area (Å²) in [6, 6.07) is 6.95. The summed E-state index contributed by atoms with van der Waals surface area (Å²) in [7, 11) is 3.52. The van der Waals surface area contributed by atoms with E-state index in [9.17, 15) is 9.18 Å². The van der Waals surface area contributed by atoms with E-state index in [4.69, 9.17) is 0 Å². The van der Waals surface area contributed by atoms with E-state index < -0.39 is 0 Å². The lowest BCUT2D eigenvalue weighted by atomic mass is 9.64. The second-order valence-corrected chi connectivity index (χ2v) is 7.85. The Balaban J connectivity index is 0.00000280. The molecule has 1 saturated carbocycles. The summed E-state index contributed by atoms with van der Waals surface area (Å²) in [5, 5.41) is 6.28. The van der Waals surface area contributed by atoms with Crippen LogP contribution in [-0.2, 0) is 10.2 Å². The van der Waals surface area contributed by atoms with Crippen LogP contribution >= 0.6 is 24.0 Å². The number of nitrogens with one attached hydrogen (secondary N) is 2. The van der Waals surface area contributed by atoms with E-state index >= 15 is 0 Å². The van der Waals surface area contributed by atoms with Crippen molar-refractivity contribution >= 4 is 35.8 Å². The summed E-state index contributed by atoms with van der Waals surface area (Å²) in [4.78, 5) is 18.3. The standard InChI is InChI=1S/C21H31FN4O.HI/c1-23-19(27)14-16-8-12-26(13-9-16)20(24-2)25-15-21(10-3-11-21)17-4-6-18(22)7-5-17;/h4-7,16H,3,8-15H2,1-2H3,(H,23,27)(H,24,25);1H. The number of amides is 1. The van der Waals surface area contributed by atoms with E-state index in [-0.39, 0.29) is 41.1 Å². The quantitative estimate of drug-likeness (QED) is 0.369. The van der Waals surface area contributed by atoms with Crippen LogP contribution in [0.25, 0.3) is 0 Å². The zero-order chi connectivity index (χ0) is 19.3. The predicted molar refractivity (Wildman–Crippen MR) is 122 cm³/mol. The minimum Gasteiger partial charge on any atom is -0.359 e. The van der Waals surface area contributed by atoms with Crippen molar-refractivity contribution < 1.29 is 9.18 Å². The predicted octanol–water partition coefficient (Wildman–Crippen LogP) is 3.29. The average molecular weight is 502 g/mol. The fourth-order valence-electron chi connectivity index (χ4n) is 4.27. The van der Waals surface area contributed by atoms with Crippen LogP contribution in [0, 0.1) is 11.7 Å². The highest BCUT2D eigenvalue weighted by Gasteiger charge is 2.39. The highest BCUT2D eigenvalue weighted by atomic mass is 127. The summed E-state index contributed by atoms with van der Waals surface area (Å²) in [6.07, 6.45) is 6.09. The fourth-order valence-corrected chi connectivity index (χ4v) is 4.27. The molecule has 0 aromatic heterocycles. The Morgan fingerprint density at radius 3 is 2.39 bits per heavy atom. The van der Waals surface area contributed by atoms with Crippen LogP contribution in [0.15, 0.2) is 29.3 Å². The second kappa shape index (κ2) is 10.4. The molecule has 1 aliphatic heterocycles. The molecule has 1 aliphatic carbocycles. The number of rotatable bonds is 5. The van der Waals surface area contributed by atoms with Gasteiger partial charge in [0.25, 0.3) is 0 Å². The molecule has 156 valence electrons. The van der Waals surface area contributed by atoms with E-state index in [0.29, 0.717) is 12.3 Å². The minimum atomic E-state index is -0.184. The van der Waals surface area contributed by atoms with Crippen molar-refractivity contribution in [2.45, 2.75) is 43.9 Å². The Hall–Kier alpha value is -1.38. The molecule has 0 bridgehead atoms. The summed E-state index contributed by atoms with van der Waals surface area (Å²) in [5.74, 6) is 1.33. The molecule has 1 amide bonds. The Bertz CT molecular complexity index is 667. The molecular weight excluding hydrogens is 470 g/mol. The average Bonchev–Trinajstić information content (AvgIpc) is 2.66. The Labute approximate surface area is 184 Å². The van der Waals surface area contributed by atoms with Crippen LogP contribution in [0.3, 0.4) is 0 Å². The zero-order valence-electron chi connectivity index (χ0n) is 16.8. The van der Waals surface area contributed by atoms with Gasteiger partial charge >= 0.3 is 0 Å². The Morgan fingerprint density at radius 1 is 1.25 bits per heavy atom. The SMILES string of the molecule is CN=C(NCC1(c2ccc(F)cc2)CCC1)N1CCC(CC(=O)NC)CC1.I. The molecule has 0 radical (unpaired) electrons. The van der Waals surface area contributed by atoms with Gasteiger partial charge in [0.05, 0.1) is 0 Å². The van der Waals surface area contributed by atoms with Gasteiger partial charge in [0.1, 0.15) is 5.82 Å². The molecule has 2 aliphatic rings. The van der Waals surface area contributed by atoms with E-state index in [0.717, 1.165) is 51.3 Å². The molecular formula is C21H32FIN4O. The third kappa shape index (κ3) is 5.36. The van der Waals surface area contributed by atoms with Gasteiger partial charge in [-0.15, -0.1) is 24.0 Å². The highest BCUT2D eigenvalue weighted by molar-refractivity contribution is 14.0. The number of carbonyl (C=O) groups is 1. The Kier molecular flexibility index (Phi) is 8.52. The Morgan fingerprint density at radius 2 is 1.89 bits per heavy atom. The number of hydrogen-bond donors (Lipinski definition) is 2. The van der Waals surface area contributed by atoms with Crippen LogP contribution in [0.2, 0.25) is 0 Å². The maximum Gasteiger partial charge on any atom is 0.220 e. The molecule has 0 unspecified atom stereocenters. The van der Waals surface area contributed by atoms with Gasteiger partial charge in [-0.05, 0) is 49.3 Å². The number of hydrogen-bond acceptors (Lipinski definition) is 2. The maximum atomic E-state index is 13.3. The van der Waals surface area contributed by atoms with Crippen molar-refractivity contribution in [2.75, 3.05) is 33.7 Å². The normalized spacial score (nSPS) is 19.4. The first kappa shape index (κ1) is 22.9. The molecule has 0 spiro atoms. The largest absolute Gasteiger partial charge is 0.359 e. The summed E-state index contributed by atoms with van der Waals surface area (Å²) in [6.45, 7) is 2.67. The van der Waals surface area contributed by atoms with E-state index in [1.165, 1.54) is 12.0 Å². The van der Waals surface area contributed by atoms with Crippen LogP contribution < -0.4 is 10.6 Å². The summed E-state index contributed by atoms with van der Waals surface area (Å²) < 4.78 is 13.3. The number of benzene rings is 1. The molecule has 2 N–H and O–H groups in total. The third-order valence-electron chi connectivity index (χ3n) is 6.23. The summed E-state index contributed by atoms with van der Waals surface area (Å²) in [5.41, 5.74) is 1.30. The van der Waals surface area contributed by atoms with Crippen molar-refractivity contribution in [1.29, 1.82) is 0 Å². The van der Waals surface area contributed by atoms with Gasteiger partial charge in [-0.1, -0.05) is 18.6 Å². The molecule has 1 aromatic carbocycles. The molecule has 0 atom stereocenters. The third-order valence-corrected chi connectivity index (χ3v) is 6.23. The first-order valence-electron chi connectivity index (χ1n) is 9.98. The molecule has 3 rings (SSSR count). The number of guanidine groups is 1. The van der Waals surface area contributed by atoms with Gasteiger partial charge in [-0.2, -0.15) is 0 Å². The number of nitrogens with zero attached hydrogens (tertiary/aromatic N) is 2. The number of likely N-dealkylation sites (tertiary alicyclic amines) is 1. The molecule has 28 heavy (non-hydrogen) atoms. The van der Waals surface area contributed by atoms with Gasteiger partial charge in [0, 0.05) is 45.6 Å². The molecule has 5 nitrogen and oxygen atoms in total. The molecule has 1 aromatic rings. The topological polar surface area (TPSA) is 56.7 Å².